The predicted octanol–water partition coefficient (Wildman–Crippen LogP) is 6.28. The molecule has 1 fully saturated rings. The van der Waals surface area contributed by atoms with E-state index in [1.165, 1.54) is 12.1 Å². The molecule has 4 unspecified atom stereocenters. The van der Waals surface area contributed by atoms with E-state index in [4.69, 9.17) is 21.5 Å². The third-order valence-electron chi connectivity index (χ3n) is 5.85. The summed E-state index contributed by atoms with van der Waals surface area (Å²) in [5.74, 6) is -5.26. The van der Waals surface area contributed by atoms with Gasteiger partial charge >= 0.3 is 18.1 Å². The Morgan fingerprint density at radius 1 is 1.16 bits per heavy atom. The van der Waals surface area contributed by atoms with Crippen LogP contribution in [0, 0.1) is 22.6 Å². The Bertz CT molecular complexity index is 1210. The minimum Gasteiger partial charge on any atom is -0.480 e. The van der Waals surface area contributed by atoms with Gasteiger partial charge < -0.3 is 10.2 Å². The molecule has 6 nitrogen and oxygen atoms in total. The van der Waals surface area contributed by atoms with Crippen LogP contribution in [0.3, 0.4) is 0 Å². The van der Waals surface area contributed by atoms with Crippen molar-refractivity contribution in [2.75, 3.05) is 0 Å². The van der Waals surface area contributed by atoms with Crippen LogP contribution in [0.5, 0.6) is 0 Å². The maximum Gasteiger partial charge on any atom is 0.490 e. The third kappa shape index (κ3) is 7.00. The second-order valence-electron chi connectivity index (χ2n) is 9.74. The van der Waals surface area contributed by atoms with Crippen molar-refractivity contribution < 1.29 is 37.4 Å². The summed E-state index contributed by atoms with van der Waals surface area (Å²) in [7, 11) is 0. The summed E-state index contributed by atoms with van der Waals surface area (Å²) in [5.41, 5.74) is -0.856. The quantitative estimate of drug-likeness (QED) is 0.353. The molecule has 4 atom stereocenters. The standard InChI is InChI=1S/C23H23BrClFN2O2.C2HF3O2/c1-22(2,3)11-18-23(12-27,16-8-7-15(25)10-17(16)26)19(20(28-18)21(29)30)13-5-4-6-14(24)9-13;3-2(4,5)1(6)7/h4-10,18-20,28H,11H2,1-3H3,(H,29,30);(H,6,7). The van der Waals surface area contributed by atoms with Gasteiger partial charge in [0.15, 0.2) is 0 Å². The van der Waals surface area contributed by atoms with Gasteiger partial charge in [0.2, 0.25) is 0 Å². The van der Waals surface area contributed by atoms with E-state index >= 15 is 4.39 Å². The number of aliphatic carboxylic acids is 2. The van der Waals surface area contributed by atoms with Crippen LogP contribution < -0.4 is 5.32 Å². The zero-order valence-electron chi connectivity index (χ0n) is 19.9. The van der Waals surface area contributed by atoms with Crippen molar-refractivity contribution >= 4 is 39.5 Å². The summed E-state index contributed by atoms with van der Waals surface area (Å²) in [6, 6.07) is 12.1. The molecular formula is C25H24BrClF4N2O4. The van der Waals surface area contributed by atoms with Crippen LogP contribution >= 0.6 is 27.5 Å². The largest absolute Gasteiger partial charge is 0.490 e. The lowest BCUT2D eigenvalue weighted by Crippen LogP contribution is -2.44. The monoisotopic (exact) mass is 606 g/mol. The Morgan fingerprint density at radius 3 is 2.19 bits per heavy atom. The second-order valence-corrected chi connectivity index (χ2v) is 11.1. The number of nitrogens with one attached hydrogen (secondary N) is 1. The first kappa shape index (κ1) is 30.5. The zero-order valence-corrected chi connectivity index (χ0v) is 22.2. The van der Waals surface area contributed by atoms with Gasteiger partial charge in [-0.1, -0.05) is 66.5 Å². The fourth-order valence-corrected chi connectivity index (χ4v) is 5.09. The van der Waals surface area contributed by atoms with E-state index in [-0.39, 0.29) is 16.0 Å². The van der Waals surface area contributed by atoms with E-state index in [1.807, 2.05) is 26.8 Å². The average Bonchev–Trinajstić information content (AvgIpc) is 3.07. The number of hydrogen-bond donors (Lipinski definition) is 3. The lowest BCUT2D eigenvalue weighted by atomic mass is 9.63. The lowest BCUT2D eigenvalue weighted by Gasteiger charge is -2.37. The van der Waals surface area contributed by atoms with Gasteiger partial charge in [-0.2, -0.15) is 18.4 Å². The average molecular weight is 608 g/mol. The van der Waals surface area contributed by atoms with Gasteiger partial charge in [-0.25, -0.2) is 9.18 Å². The Balaban J connectivity index is 0.000000604. The molecule has 3 rings (SSSR count). The molecule has 0 bridgehead atoms. The molecule has 0 radical (unpaired) electrons. The number of nitrogens with zero attached hydrogens (tertiary/aromatic N) is 1. The molecular weight excluding hydrogens is 584 g/mol. The summed E-state index contributed by atoms with van der Waals surface area (Å²) < 4.78 is 47.7. The number of rotatable bonds is 4. The molecule has 3 N–H and O–H groups in total. The molecule has 200 valence electrons. The number of halogens is 6. The normalized spacial score (nSPS) is 23.5. The van der Waals surface area contributed by atoms with Crippen molar-refractivity contribution in [3.05, 3.63) is 68.9 Å². The first-order chi connectivity index (χ1) is 16.9. The van der Waals surface area contributed by atoms with Gasteiger partial charge in [0, 0.05) is 27.0 Å². The van der Waals surface area contributed by atoms with Crippen LogP contribution in [0.1, 0.15) is 44.2 Å². The highest BCUT2D eigenvalue weighted by Crippen LogP contribution is 2.52. The number of carboxylic acid groups (broad SMARTS) is 2. The molecule has 1 heterocycles. The lowest BCUT2D eigenvalue weighted by molar-refractivity contribution is -0.192. The molecule has 2 aromatic carbocycles. The molecule has 1 aliphatic rings. The number of nitriles is 1. The Labute approximate surface area is 224 Å². The van der Waals surface area contributed by atoms with Gasteiger partial charge in [-0.15, -0.1) is 0 Å². The molecule has 0 spiro atoms. The van der Waals surface area contributed by atoms with Gasteiger partial charge in [0.05, 0.1) is 6.07 Å². The molecule has 2 aromatic rings. The minimum absolute atomic E-state index is 0.157. The van der Waals surface area contributed by atoms with E-state index in [0.29, 0.717) is 12.0 Å². The van der Waals surface area contributed by atoms with E-state index < -0.39 is 47.3 Å². The fraction of sp³-hybridized carbons (Fsp3) is 0.400. The smallest absolute Gasteiger partial charge is 0.480 e. The fourth-order valence-electron chi connectivity index (χ4n) is 4.51. The van der Waals surface area contributed by atoms with Crippen molar-refractivity contribution in [2.24, 2.45) is 5.41 Å². The zero-order chi connectivity index (χ0) is 28.3. The minimum atomic E-state index is -5.08. The van der Waals surface area contributed by atoms with Crippen LogP contribution in [-0.4, -0.2) is 40.4 Å². The van der Waals surface area contributed by atoms with Crippen LogP contribution in [-0.2, 0) is 15.0 Å². The van der Waals surface area contributed by atoms with Crippen LogP contribution in [0.25, 0.3) is 0 Å². The van der Waals surface area contributed by atoms with Gasteiger partial charge in [-0.3, -0.25) is 10.1 Å². The molecule has 0 aliphatic carbocycles. The number of hydrogen-bond acceptors (Lipinski definition) is 4. The van der Waals surface area contributed by atoms with Crippen LogP contribution in [0.15, 0.2) is 46.9 Å². The summed E-state index contributed by atoms with van der Waals surface area (Å²) in [5, 5.41) is 31.1. The number of carbonyl (C=O) groups is 2. The maximum absolute atomic E-state index is 15.2. The summed E-state index contributed by atoms with van der Waals surface area (Å²) in [6.07, 6.45) is -4.60. The first-order valence-corrected chi connectivity index (χ1v) is 12.0. The number of alkyl halides is 3. The van der Waals surface area contributed by atoms with Crippen LogP contribution in [0.4, 0.5) is 17.6 Å². The van der Waals surface area contributed by atoms with E-state index in [2.05, 4.69) is 27.3 Å². The second kappa shape index (κ2) is 11.4. The Hall–Kier alpha value is -2.68. The van der Waals surface area contributed by atoms with Gasteiger partial charge in [0.1, 0.15) is 17.3 Å². The molecule has 0 saturated carbocycles. The Kier molecular flexibility index (Phi) is 9.39. The number of benzene rings is 2. The van der Waals surface area contributed by atoms with Crippen molar-refractivity contribution in [1.82, 2.24) is 5.32 Å². The molecule has 37 heavy (non-hydrogen) atoms. The highest BCUT2D eigenvalue weighted by atomic mass is 79.9. The van der Waals surface area contributed by atoms with Crippen molar-refractivity contribution in [2.45, 2.75) is 56.8 Å². The molecule has 0 aromatic heterocycles. The Morgan fingerprint density at radius 2 is 1.76 bits per heavy atom. The predicted molar refractivity (Wildman–Crippen MR) is 132 cm³/mol. The van der Waals surface area contributed by atoms with E-state index in [9.17, 15) is 28.3 Å². The van der Waals surface area contributed by atoms with E-state index in [1.54, 1.807) is 24.3 Å². The highest BCUT2D eigenvalue weighted by molar-refractivity contribution is 9.10. The topological polar surface area (TPSA) is 110 Å². The van der Waals surface area contributed by atoms with Gasteiger partial charge in [-0.05, 0) is 41.7 Å². The maximum atomic E-state index is 15.2. The molecule has 1 aliphatic heterocycles. The van der Waals surface area contributed by atoms with Crippen molar-refractivity contribution in [1.29, 1.82) is 5.26 Å². The van der Waals surface area contributed by atoms with Crippen molar-refractivity contribution in [3.8, 4) is 6.07 Å². The third-order valence-corrected chi connectivity index (χ3v) is 6.58. The highest BCUT2D eigenvalue weighted by Gasteiger charge is 2.60. The SMILES string of the molecule is CC(C)(C)CC1NC(C(=O)O)C(c2cccc(Br)c2)C1(C#N)c1ccc(Cl)cc1F.O=C(O)C(F)(F)F. The molecule has 1 saturated heterocycles. The van der Waals surface area contributed by atoms with Crippen LogP contribution in [0.2, 0.25) is 5.02 Å². The van der Waals surface area contributed by atoms with E-state index in [0.717, 1.165) is 4.47 Å². The number of carboxylic acids is 2. The summed E-state index contributed by atoms with van der Waals surface area (Å²) in [4.78, 5) is 21.2. The van der Waals surface area contributed by atoms with Crippen molar-refractivity contribution in [3.63, 3.8) is 0 Å². The van der Waals surface area contributed by atoms with Gasteiger partial charge in [0.25, 0.3) is 0 Å². The summed E-state index contributed by atoms with van der Waals surface area (Å²) >= 11 is 9.40. The molecule has 12 heteroatoms. The molecule has 0 amide bonds. The summed E-state index contributed by atoms with van der Waals surface area (Å²) in [6.45, 7) is 6.03. The first-order valence-electron chi connectivity index (χ1n) is 10.8.